The van der Waals surface area contributed by atoms with E-state index in [1.165, 1.54) is 0 Å². The molecular weight excluding hydrogens is 304 g/mol. The highest BCUT2D eigenvalue weighted by atomic mass is 35.5. The van der Waals surface area contributed by atoms with Crippen molar-refractivity contribution in [3.63, 3.8) is 0 Å². The largest absolute Gasteiger partial charge is 0.487 e. The molecule has 2 rings (SSSR count). The van der Waals surface area contributed by atoms with Crippen LogP contribution in [0.2, 0.25) is 5.02 Å². The highest BCUT2D eigenvalue weighted by molar-refractivity contribution is 7.92. The summed E-state index contributed by atoms with van der Waals surface area (Å²) in [7, 11) is -2.92. The molecule has 1 aromatic carbocycles. The van der Waals surface area contributed by atoms with E-state index in [9.17, 15) is 13.2 Å². The van der Waals surface area contributed by atoms with Crippen LogP contribution in [0.5, 0.6) is 5.75 Å². The second-order valence-electron chi connectivity index (χ2n) is 4.83. The average Bonchev–Trinajstić information content (AvgIpc) is 2.29. The van der Waals surface area contributed by atoms with E-state index in [-0.39, 0.29) is 24.0 Å². The van der Waals surface area contributed by atoms with Gasteiger partial charge in [-0.2, -0.15) is 0 Å². The summed E-state index contributed by atoms with van der Waals surface area (Å²) in [5, 5.41) is 8.99. The SMILES string of the molecule is O=C(O)CCCc1ccc(OC2CS(=O)(=O)C2)c(Cl)c1. The standard InChI is InChI=1S/C13H15ClO5S/c14-11-6-9(2-1-3-13(15)16)4-5-12(11)19-10-7-20(17,18)8-10/h4-6,10H,1-3,7-8H2,(H,15,16). The molecule has 0 aromatic heterocycles. The molecule has 0 atom stereocenters. The molecular formula is C13H15ClO5S. The molecule has 5 nitrogen and oxygen atoms in total. The van der Waals surface area contributed by atoms with Crippen molar-refractivity contribution in [3.8, 4) is 5.75 Å². The Bertz CT molecular complexity index is 599. The van der Waals surface area contributed by atoms with Crippen LogP contribution in [0.15, 0.2) is 18.2 Å². The van der Waals surface area contributed by atoms with Crippen LogP contribution in [0.4, 0.5) is 0 Å². The Kier molecular flexibility index (Phi) is 4.55. The van der Waals surface area contributed by atoms with Crippen LogP contribution < -0.4 is 4.74 Å². The zero-order valence-corrected chi connectivity index (χ0v) is 12.3. The Balaban J connectivity index is 1.91. The lowest BCUT2D eigenvalue weighted by molar-refractivity contribution is -0.137. The molecule has 1 aliphatic rings. The summed E-state index contributed by atoms with van der Waals surface area (Å²) in [5.41, 5.74) is 0.935. The van der Waals surface area contributed by atoms with Gasteiger partial charge in [-0.05, 0) is 30.5 Å². The molecule has 7 heteroatoms. The Morgan fingerprint density at radius 3 is 2.65 bits per heavy atom. The molecule has 1 fully saturated rings. The smallest absolute Gasteiger partial charge is 0.303 e. The number of benzene rings is 1. The molecule has 1 heterocycles. The lowest BCUT2D eigenvalue weighted by Gasteiger charge is -2.27. The average molecular weight is 319 g/mol. The van der Waals surface area contributed by atoms with Crippen LogP contribution in [0.3, 0.4) is 0 Å². The van der Waals surface area contributed by atoms with Crippen LogP contribution in [0.1, 0.15) is 18.4 Å². The van der Waals surface area contributed by atoms with E-state index in [0.717, 1.165) is 5.56 Å². The van der Waals surface area contributed by atoms with Gasteiger partial charge in [-0.3, -0.25) is 4.79 Å². The molecule has 110 valence electrons. The van der Waals surface area contributed by atoms with E-state index < -0.39 is 15.8 Å². The van der Waals surface area contributed by atoms with Crippen molar-refractivity contribution >= 4 is 27.4 Å². The topological polar surface area (TPSA) is 80.7 Å². The molecule has 1 N–H and O–H groups in total. The number of carboxylic acid groups (broad SMARTS) is 1. The highest BCUT2D eigenvalue weighted by Crippen LogP contribution is 2.29. The number of carboxylic acids is 1. The Morgan fingerprint density at radius 2 is 2.10 bits per heavy atom. The number of halogens is 1. The number of aryl methyl sites for hydroxylation is 1. The summed E-state index contributed by atoms with van der Waals surface area (Å²) in [6, 6.07) is 5.24. The molecule has 20 heavy (non-hydrogen) atoms. The maximum atomic E-state index is 11.0. The lowest BCUT2D eigenvalue weighted by atomic mass is 10.1. The normalized spacial score (nSPS) is 17.4. The van der Waals surface area contributed by atoms with Gasteiger partial charge in [0.2, 0.25) is 0 Å². The number of hydrogen-bond donors (Lipinski definition) is 1. The minimum atomic E-state index is -2.92. The van der Waals surface area contributed by atoms with Gasteiger partial charge in [-0.25, -0.2) is 8.42 Å². The van der Waals surface area contributed by atoms with Crippen LogP contribution >= 0.6 is 11.6 Å². The number of aliphatic carboxylic acids is 1. The summed E-state index contributed by atoms with van der Waals surface area (Å²) >= 11 is 6.08. The van der Waals surface area contributed by atoms with E-state index in [1.54, 1.807) is 12.1 Å². The fraction of sp³-hybridized carbons (Fsp3) is 0.462. The molecule has 1 aromatic rings. The predicted molar refractivity (Wildman–Crippen MR) is 75.1 cm³/mol. The van der Waals surface area contributed by atoms with E-state index in [0.29, 0.717) is 23.6 Å². The van der Waals surface area contributed by atoms with Gasteiger partial charge in [0.1, 0.15) is 11.9 Å². The van der Waals surface area contributed by atoms with Crippen molar-refractivity contribution in [3.05, 3.63) is 28.8 Å². The molecule has 0 unspecified atom stereocenters. The minimum Gasteiger partial charge on any atom is -0.487 e. The van der Waals surface area contributed by atoms with Crippen molar-refractivity contribution in [2.75, 3.05) is 11.5 Å². The van der Waals surface area contributed by atoms with Crippen molar-refractivity contribution < 1.29 is 23.1 Å². The first kappa shape index (κ1) is 15.1. The number of ether oxygens (including phenoxy) is 1. The molecule has 0 aliphatic carbocycles. The Hall–Kier alpha value is -1.27. The first-order chi connectivity index (χ1) is 9.35. The quantitative estimate of drug-likeness (QED) is 0.866. The highest BCUT2D eigenvalue weighted by Gasteiger charge is 2.35. The molecule has 0 bridgehead atoms. The van der Waals surface area contributed by atoms with Crippen molar-refractivity contribution in [2.45, 2.75) is 25.4 Å². The number of sulfone groups is 1. The molecule has 0 amide bonds. The number of rotatable bonds is 6. The first-order valence-corrected chi connectivity index (χ1v) is 8.43. The van der Waals surface area contributed by atoms with Gasteiger partial charge < -0.3 is 9.84 Å². The van der Waals surface area contributed by atoms with Crippen LogP contribution in [-0.2, 0) is 21.1 Å². The van der Waals surface area contributed by atoms with E-state index in [4.69, 9.17) is 21.4 Å². The third-order valence-electron chi connectivity index (χ3n) is 3.03. The van der Waals surface area contributed by atoms with Gasteiger partial charge in [0.05, 0.1) is 16.5 Å². The first-order valence-electron chi connectivity index (χ1n) is 6.23. The Morgan fingerprint density at radius 1 is 1.40 bits per heavy atom. The molecule has 0 saturated carbocycles. The maximum absolute atomic E-state index is 11.0. The predicted octanol–water partition coefficient (Wildman–Crippen LogP) is 1.92. The second-order valence-corrected chi connectivity index (χ2v) is 7.39. The van der Waals surface area contributed by atoms with E-state index in [2.05, 4.69) is 0 Å². The summed E-state index contributed by atoms with van der Waals surface area (Å²) < 4.78 is 27.6. The van der Waals surface area contributed by atoms with Gasteiger partial charge >= 0.3 is 5.97 Å². The molecule has 0 radical (unpaired) electrons. The fourth-order valence-corrected chi connectivity index (χ4v) is 3.42. The van der Waals surface area contributed by atoms with Gasteiger partial charge in [0.25, 0.3) is 0 Å². The van der Waals surface area contributed by atoms with Crippen LogP contribution in [0.25, 0.3) is 0 Å². The van der Waals surface area contributed by atoms with Gasteiger partial charge in [-0.1, -0.05) is 17.7 Å². The van der Waals surface area contributed by atoms with Gasteiger partial charge in [0, 0.05) is 6.42 Å². The lowest BCUT2D eigenvalue weighted by Crippen LogP contribution is -2.45. The number of hydrogen-bond acceptors (Lipinski definition) is 4. The fourth-order valence-electron chi connectivity index (χ4n) is 2.00. The molecule has 0 spiro atoms. The maximum Gasteiger partial charge on any atom is 0.303 e. The van der Waals surface area contributed by atoms with Crippen molar-refractivity contribution in [1.29, 1.82) is 0 Å². The number of carbonyl (C=O) groups is 1. The van der Waals surface area contributed by atoms with Gasteiger partial charge in [-0.15, -0.1) is 0 Å². The monoisotopic (exact) mass is 318 g/mol. The molecule has 1 saturated heterocycles. The summed E-state index contributed by atoms with van der Waals surface area (Å²) in [4.78, 5) is 10.4. The zero-order chi connectivity index (χ0) is 14.8. The molecule has 1 aliphatic heterocycles. The van der Waals surface area contributed by atoms with Gasteiger partial charge in [0.15, 0.2) is 9.84 Å². The summed E-state index contributed by atoms with van der Waals surface area (Å²) in [6.45, 7) is 0. The summed E-state index contributed by atoms with van der Waals surface area (Å²) in [5.74, 6) is -0.288. The van der Waals surface area contributed by atoms with Crippen LogP contribution in [0, 0.1) is 0 Å². The third kappa shape index (κ3) is 4.11. The van der Waals surface area contributed by atoms with E-state index in [1.807, 2.05) is 6.07 Å². The van der Waals surface area contributed by atoms with Crippen LogP contribution in [-0.4, -0.2) is 37.1 Å². The third-order valence-corrected chi connectivity index (χ3v) is 5.08. The summed E-state index contributed by atoms with van der Waals surface area (Å²) in [6.07, 6.45) is 0.975. The van der Waals surface area contributed by atoms with Crippen molar-refractivity contribution in [2.24, 2.45) is 0 Å². The zero-order valence-electron chi connectivity index (χ0n) is 10.7. The van der Waals surface area contributed by atoms with Crippen molar-refractivity contribution in [1.82, 2.24) is 0 Å². The second kappa shape index (κ2) is 6.01. The minimum absolute atomic E-state index is 0.0314. The Labute approximate surface area is 122 Å². The van der Waals surface area contributed by atoms with E-state index >= 15 is 0 Å².